The van der Waals surface area contributed by atoms with Crippen molar-refractivity contribution >= 4 is 11.6 Å². The zero-order chi connectivity index (χ0) is 14.6. The number of aromatic nitrogens is 2. The lowest BCUT2D eigenvalue weighted by Gasteiger charge is -2.35. The Bertz CT molecular complexity index is 429. The van der Waals surface area contributed by atoms with E-state index in [0.29, 0.717) is 26.2 Å². The molecule has 5 nitrogen and oxygen atoms in total. The van der Waals surface area contributed by atoms with Crippen LogP contribution in [0.4, 0.5) is 24.8 Å². The van der Waals surface area contributed by atoms with Crippen molar-refractivity contribution in [3.63, 3.8) is 0 Å². The van der Waals surface area contributed by atoms with E-state index in [1.165, 1.54) is 11.2 Å². The van der Waals surface area contributed by atoms with Crippen LogP contribution in [0.25, 0.3) is 0 Å². The van der Waals surface area contributed by atoms with Crippen LogP contribution in [0.3, 0.4) is 0 Å². The molecule has 0 amide bonds. The van der Waals surface area contributed by atoms with Gasteiger partial charge in [0.15, 0.2) is 0 Å². The first-order valence-corrected chi connectivity index (χ1v) is 6.58. The van der Waals surface area contributed by atoms with E-state index in [-0.39, 0.29) is 0 Å². The van der Waals surface area contributed by atoms with E-state index >= 15 is 0 Å². The van der Waals surface area contributed by atoms with Gasteiger partial charge in [-0.2, -0.15) is 13.2 Å². The Morgan fingerprint density at radius 1 is 1.20 bits per heavy atom. The molecule has 1 aliphatic heterocycles. The minimum Gasteiger partial charge on any atom is -0.370 e. The first-order valence-electron chi connectivity index (χ1n) is 6.58. The molecular formula is C12H18F3N5. The molecule has 0 spiro atoms. The van der Waals surface area contributed by atoms with Crippen LogP contribution in [0.1, 0.15) is 6.92 Å². The Hall–Kier alpha value is -1.57. The van der Waals surface area contributed by atoms with Crippen LogP contribution in [-0.2, 0) is 0 Å². The molecule has 112 valence electrons. The van der Waals surface area contributed by atoms with Gasteiger partial charge in [0.05, 0.1) is 6.54 Å². The Morgan fingerprint density at radius 3 is 2.50 bits per heavy atom. The van der Waals surface area contributed by atoms with Gasteiger partial charge >= 0.3 is 6.18 Å². The van der Waals surface area contributed by atoms with E-state index in [1.54, 1.807) is 0 Å². The maximum absolute atomic E-state index is 12.3. The molecule has 0 saturated carbocycles. The van der Waals surface area contributed by atoms with Gasteiger partial charge in [0.2, 0.25) is 0 Å². The second kappa shape index (κ2) is 6.25. The molecule has 1 fully saturated rings. The smallest absolute Gasteiger partial charge is 0.370 e. The fourth-order valence-electron chi connectivity index (χ4n) is 2.19. The highest BCUT2D eigenvalue weighted by Gasteiger charge is 2.32. The van der Waals surface area contributed by atoms with Gasteiger partial charge < -0.3 is 10.2 Å². The van der Waals surface area contributed by atoms with E-state index in [0.717, 1.165) is 18.2 Å². The second-order valence-corrected chi connectivity index (χ2v) is 4.67. The van der Waals surface area contributed by atoms with Crippen LogP contribution >= 0.6 is 0 Å². The first kappa shape index (κ1) is 14.8. The molecule has 0 aliphatic carbocycles. The minimum absolute atomic E-state index is 0.389. The zero-order valence-electron chi connectivity index (χ0n) is 11.3. The van der Waals surface area contributed by atoms with Crippen molar-refractivity contribution in [2.75, 3.05) is 49.5 Å². The molecule has 8 heteroatoms. The third-order valence-corrected chi connectivity index (χ3v) is 3.11. The molecule has 2 heterocycles. The van der Waals surface area contributed by atoms with Gasteiger partial charge in [-0.05, 0) is 6.92 Å². The summed E-state index contributed by atoms with van der Waals surface area (Å²) in [5.41, 5.74) is 0. The summed E-state index contributed by atoms with van der Waals surface area (Å²) in [5.74, 6) is 1.48. The van der Waals surface area contributed by atoms with E-state index in [4.69, 9.17) is 0 Å². The Labute approximate surface area is 115 Å². The highest BCUT2D eigenvalue weighted by molar-refractivity contribution is 5.48. The van der Waals surface area contributed by atoms with Crippen molar-refractivity contribution in [3.8, 4) is 0 Å². The maximum Gasteiger partial charge on any atom is 0.401 e. The Kier molecular flexibility index (Phi) is 4.64. The quantitative estimate of drug-likeness (QED) is 0.912. The lowest BCUT2D eigenvalue weighted by molar-refractivity contribution is -0.146. The summed E-state index contributed by atoms with van der Waals surface area (Å²) in [7, 11) is 0. The fraction of sp³-hybridized carbons (Fsp3) is 0.667. The lowest BCUT2D eigenvalue weighted by atomic mass is 10.3. The number of hydrogen-bond donors (Lipinski definition) is 1. The second-order valence-electron chi connectivity index (χ2n) is 4.67. The number of anilines is 2. The summed E-state index contributed by atoms with van der Waals surface area (Å²) < 4.78 is 36.9. The average Bonchev–Trinajstić information content (AvgIpc) is 2.38. The van der Waals surface area contributed by atoms with Crippen LogP contribution < -0.4 is 10.2 Å². The van der Waals surface area contributed by atoms with E-state index < -0.39 is 12.7 Å². The minimum atomic E-state index is -4.13. The van der Waals surface area contributed by atoms with Crippen LogP contribution in [0.5, 0.6) is 0 Å². The molecule has 1 aromatic rings. The average molecular weight is 289 g/mol. The normalized spacial score (nSPS) is 17.3. The van der Waals surface area contributed by atoms with Crippen molar-refractivity contribution in [1.82, 2.24) is 14.9 Å². The van der Waals surface area contributed by atoms with E-state index in [1.807, 2.05) is 17.9 Å². The maximum atomic E-state index is 12.3. The van der Waals surface area contributed by atoms with Crippen molar-refractivity contribution in [1.29, 1.82) is 0 Å². The van der Waals surface area contributed by atoms with Crippen molar-refractivity contribution < 1.29 is 13.2 Å². The number of nitrogens with one attached hydrogen (secondary N) is 1. The van der Waals surface area contributed by atoms with Crippen molar-refractivity contribution in [2.45, 2.75) is 13.1 Å². The molecule has 0 bridgehead atoms. The summed E-state index contributed by atoms with van der Waals surface area (Å²) in [6.07, 6.45) is -2.66. The third kappa shape index (κ3) is 4.22. The summed E-state index contributed by atoms with van der Waals surface area (Å²) in [5, 5.41) is 3.09. The van der Waals surface area contributed by atoms with Crippen LogP contribution in [0.2, 0.25) is 0 Å². The first-order chi connectivity index (χ1) is 9.48. The van der Waals surface area contributed by atoms with E-state index in [9.17, 15) is 13.2 Å². The number of hydrogen-bond acceptors (Lipinski definition) is 5. The van der Waals surface area contributed by atoms with Gasteiger partial charge in [0, 0.05) is 38.8 Å². The van der Waals surface area contributed by atoms with Crippen LogP contribution in [0, 0.1) is 0 Å². The predicted molar refractivity (Wildman–Crippen MR) is 70.9 cm³/mol. The number of alkyl halides is 3. The summed E-state index contributed by atoms with van der Waals surface area (Å²) >= 11 is 0. The van der Waals surface area contributed by atoms with Gasteiger partial charge in [-0.1, -0.05) is 0 Å². The molecule has 0 atom stereocenters. The molecular weight excluding hydrogens is 271 g/mol. The monoisotopic (exact) mass is 289 g/mol. The summed E-state index contributed by atoms with van der Waals surface area (Å²) in [6.45, 7) is 3.75. The number of rotatable bonds is 4. The van der Waals surface area contributed by atoms with Gasteiger partial charge in [0.25, 0.3) is 0 Å². The zero-order valence-corrected chi connectivity index (χ0v) is 11.3. The number of halogens is 3. The molecule has 1 aromatic heterocycles. The highest BCUT2D eigenvalue weighted by atomic mass is 19.4. The lowest BCUT2D eigenvalue weighted by Crippen LogP contribution is -2.49. The number of piperazine rings is 1. The summed E-state index contributed by atoms with van der Waals surface area (Å²) in [6, 6.07) is 1.82. The molecule has 2 rings (SSSR count). The Balaban J connectivity index is 1.92. The van der Waals surface area contributed by atoms with Gasteiger partial charge in [-0.15, -0.1) is 0 Å². The number of nitrogens with zero attached hydrogens (tertiary/aromatic N) is 4. The SMILES string of the molecule is CCNc1cc(N2CCN(CC(F)(F)F)CC2)ncn1. The Morgan fingerprint density at radius 2 is 1.90 bits per heavy atom. The van der Waals surface area contributed by atoms with Crippen molar-refractivity contribution in [2.24, 2.45) is 0 Å². The van der Waals surface area contributed by atoms with Crippen molar-refractivity contribution in [3.05, 3.63) is 12.4 Å². The predicted octanol–water partition coefficient (Wildman–Crippen LogP) is 1.59. The molecule has 1 aliphatic rings. The molecule has 1 saturated heterocycles. The third-order valence-electron chi connectivity index (χ3n) is 3.11. The highest BCUT2D eigenvalue weighted by Crippen LogP contribution is 2.20. The van der Waals surface area contributed by atoms with Crippen LogP contribution in [-0.4, -0.2) is 60.3 Å². The standard InChI is InChI=1S/C12H18F3N5/c1-2-16-10-7-11(18-9-17-10)20-5-3-19(4-6-20)8-12(13,14)15/h7,9H,2-6,8H2,1H3,(H,16,17,18). The molecule has 1 N–H and O–H groups in total. The largest absolute Gasteiger partial charge is 0.401 e. The molecule has 0 unspecified atom stereocenters. The molecule has 20 heavy (non-hydrogen) atoms. The van der Waals surface area contributed by atoms with E-state index in [2.05, 4.69) is 15.3 Å². The molecule has 0 radical (unpaired) electrons. The van der Waals surface area contributed by atoms with Gasteiger partial charge in [-0.25, -0.2) is 9.97 Å². The topological polar surface area (TPSA) is 44.3 Å². The van der Waals surface area contributed by atoms with Crippen LogP contribution in [0.15, 0.2) is 12.4 Å². The van der Waals surface area contributed by atoms with Gasteiger partial charge in [-0.3, -0.25) is 4.90 Å². The fourth-order valence-corrected chi connectivity index (χ4v) is 2.19. The summed E-state index contributed by atoms with van der Waals surface area (Å²) in [4.78, 5) is 11.7. The molecule has 0 aromatic carbocycles. The van der Waals surface area contributed by atoms with Gasteiger partial charge in [0.1, 0.15) is 18.0 Å².